The number of ether oxygens (including phenoxy) is 4. The highest BCUT2D eigenvalue weighted by Gasteiger charge is 2.25. The van der Waals surface area contributed by atoms with Crippen molar-refractivity contribution in [2.24, 2.45) is 0 Å². The molecule has 1 rings (SSSR count). The lowest BCUT2D eigenvalue weighted by atomic mass is 10.1. The summed E-state index contributed by atoms with van der Waals surface area (Å²) in [5.74, 6) is -0.370. The van der Waals surface area contributed by atoms with Crippen LogP contribution < -0.4 is 0 Å². The number of methoxy groups -OCH3 is 1. The first-order valence-corrected chi connectivity index (χ1v) is 6.68. The molecule has 0 aromatic heterocycles. The summed E-state index contributed by atoms with van der Waals surface area (Å²) in [5, 5.41) is 0. The zero-order valence-electron chi connectivity index (χ0n) is 11.4. The summed E-state index contributed by atoms with van der Waals surface area (Å²) in [6, 6.07) is 0. The van der Waals surface area contributed by atoms with Crippen LogP contribution in [-0.4, -0.2) is 45.3 Å². The van der Waals surface area contributed by atoms with Crippen LogP contribution in [0.2, 0.25) is 0 Å². The van der Waals surface area contributed by atoms with Crippen LogP contribution in [0.4, 0.5) is 0 Å². The fraction of sp³-hybridized carbons (Fsp3) is 0.923. The molecule has 1 heterocycles. The predicted molar refractivity (Wildman–Crippen MR) is 66.2 cm³/mol. The molecule has 1 fully saturated rings. The Balaban J connectivity index is 2.01. The van der Waals surface area contributed by atoms with Crippen molar-refractivity contribution in [3.63, 3.8) is 0 Å². The molecule has 1 aliphatic rings. The van der Waals surface area contributed by atoms with E-state index in [1.165, 1.54) is 26.4 Å². The van der Waals surface area contributed by atoms with Crippen molar-refractivity contribution in [1.82, 2.24) is 0 Å². The van der Waals surface area contributed by atoms with Gasteiger partial charge in [-0.3, -0.25) is 0 Å². The Kier molecular flexibility index (Phi) is 7.96. The molecule has 2 atom stereocenters. The predicted octanol–water partition coefficient (Wildman–Crippen LogP) is 1.89. The van der Waals surface area contributed by atoms with E-state index >= 15 is 0 Å². The van der Waals surface area contributed by atoms with Gasteiger partial charge in [0.2, 0.25) is 0 Å². The Hall–Kier alpha value is -0.650. The summed E-state index contributed by atoms with van der Waals surface area (Å²) in [7, 11) is 1.34. The molecule has 5 heteroatoms. The lowest BCUT2D eigenvalue weighted by molar-refractivity contribution is -0.147. The van der Waals surface area contributed by atoms with Crippen LogP contribution in [0.1, 0.15) is 39.0 Å². The molecule has 5 nitrogen and oxygen atoms in total. The van der Waals surface area contributed by atoms with Gasteiger partial charge in [-0.1, -0.05) is 26.2 Å². The van der Waals surface area contributed by atoms with Crippen molar-refractivity contribution in [2.45, 2.75) is 51.4 Å². The zero-order chi connectivity index (χ0) is 13.2. The van der Waals surface area contributed by atoms with Gasteiger partial charge in [0.25, 0.3) is 0 Å². The third-order valence-electron chi connectivity index (χ3n) is 2.86. The summed E-state index contributed by atoms with van der Waals surface area (Å²) < 4.78 is 20.8. The smallest absolute Gasteiger partial charge is 0.331 e. The van der Waals surface area contributed by atoms with E-state index in [0.717, 1.165) is 12.8 Å². The second kappa shape index (κ2) is 9.30. The Bertz CT molecular complexity index is 231. The highest BCUT2D eigenvalue weighted by molar-refractivity contribution is 5.70. The Labute approximate surface area is 109 Å². The Morgan fingerprint density at radius 3 is 2.89 bits per heavy atom. The minimum absolute atomic E-state index is 0.0302. The fourth-order valence-corrected chi connectivity index (χ4v) is 1.82. The van der Waals surface area contributed by atoms with Crippen molar-refractivity contribution < 1.29 is 23.7 Å². The molecule has 0 N–H and O–H groups in total. The molecule has 1 aliphatic heterocycles. The van der Waals surface area contributed by atoms with E-state index in [1.54, 1.807) is 0 Å². The number of hydrogen-bond donors (Lipinski definition) is 0. The number of rotatable bonds is 9. The van der Waals surface area contributed by atoms with Gasteiger partial charge in [-0.15, -0.1) is 0 Å². The van der Waals surface area contributed by atoms with E-state index in [4.69, 9.17) is 14.2 Å². The molecule has 0 saturated carbocycles. The van der Waals surface area contributed by atoms with E-state index in [9.17, 15) is 4.79 Å². The number of hydrogen-bond acceptors (Lipinski definition) is 5. The Morgan fingerprint density at radius 2 is 2.17 bits per heavy atom. The second-order valence-electron chi connectivity index (χ2n) is 4.46. The van der Waals surface area contributed by atoms with Crippen molar-refractivity contribution in [3.05, 3.63) is 0 Å². The van der Waals surface area contributed by atoms with Crippen molar-refractivity contribution in [3.8, 4) is 0 Å². The molecule has 18 heavy (non-hydrogen) atoms. The van der Waals surface area contributed by atoms with Crippen LogP contribution in [0.25, 0.3) is 0 Å². The molecule has 0 aromatic carbocycles. The standard InChI is InChI=1S/C13H24O5/c1-3-4-5-6-7-13-17-9-11(18-13)8-16-10-12(14)15-2/h11,13H,3-10H2,1-2H3. The maximum absolute atomic E-state index is 10.8. The summed E-state index contributed by atoms with van der Waals surface area (Å²) >= 11 is 0. The lowest BCUT2D eigenvalue weighted by Gasteiger charge is -2.11. The summed E-state index contributed by atoms with van der Waals surface area (Å²) in [5.41, 5.74) is 0. The van der Waals surface area contributed by atoms with Crippen molar-refractivity contribution in [2.75, 3.05) is 26.9 Å². The van der Waals surface area contributed by atoms with Gasteiger partial charge in [0.1, 0.15) is 12.7 Å². The van der Waals surface area contributed by atoms with Gasteiger partial charge >= 0.3 is 5.97 Å². The fourth-order valence-electron chi connectivity index (χ4n) is 1.82. The van der Waals surface area contributed by atoms with Crippen LogP contribution in [0, 0.1) is 0 Å². The average Bonchev–Trinajstić information content (AvgIpc) is 2.82. The third kappa shape index (κ3) is 6.33. The van der Waals surface area contributed by atoms with Gasteiger partial charge in [-0.2, -0.15) is 0 Å². The van der Waals surface area contributed by atoms with Crippen LogP contribution in [0.3, 0.4) is 0 Å². The molecule has 0 radical (unpaired) electrons. The highest BCUT2D eigenvalue weighted by atomic mass is 16.7. The minimum Gasteiger partial charge on any atom is -0.467 e. The van der Waals surface area contributed by atoms with Crippen molar-refractivity contribution in [1.29, 1.82) is 0 Å². The quantitative estimate of drug-likeness (QED) is 0.468. The van der Waals surface area contributed by atoms with Gasteiger partial charge in [0, 0.05) is 0 Å². The van der Waals surface area contributed by atoms with Crippen molar-refractivity contribution >= 4 is 5.97 Å². The van der Waals surface area contributed by atoms with E-state index in [0.29, 0.717) is 13.2 Å². The first-order valence-electron chi connectivity index (χ1n) is 6.68. The van der Waals surface area contributed by atoms with Gasteiger partial charge in [-0.25, -0.2) is 4.79 Å². The van der Waals surface area contributed by atoms with E-state index < -0.39 is 0 Å². The molecule has 1 saturated heterocycles. The first kappa shape index (κ1) is 15.4. The number of unbranched alkanes of at least 4 members (excludes halogenated alkanes) is 3. The van der Waals surface area contributed by atoms with Crippen LogP contribution in [-0.2, 0) is 23.7 Å². The molecule has 0 spiro atoms. The van der Waals surface area contributed by atoms with Gasteiger partial charge < -0.3 is 18.9 Å². The molecule has 0 aliphatic carbocycles. The SMILES string of the molecule is CCCCCCC1OCC(COCC(=O)OC)O1. The van der Waals surface area contributed by atoms with E-state index in [-0.39, 0.29) is 25.0 Å². The number of carbonyl (C=O) groups excluding carboxylic acids is 1. The summed E-state index contributed by atoms with van der Waals surface area (Å²) in [6.07, 6.45) is 5.62. The lowest BCUT2D eigenvalue weighted by Crippen LogP contribution is -2.22. The molecular weight excluding hydrogens is 236 g/mol. The van der Waals surface area contributed by atoms with Gasteiger partial charge in [-0.05, 0) is 12.8 Å². The van der Waals surface area contributed by atoms with Crippen LogP contribution in [0.5, 0.6) is 0 Å². The van der Waals surface area contributed by atoms with E-state index in [1.807, 2.05) is 0 Å². The van der Waals surface area contributed by atoms with Crippen LogP contribution in [0.15, 0.2) is 0 Å². The maximum atomic E-state index is 10.8. The average molecular weight is 260 g/mol. The molecular formula is C13H24O5. The first-order chi connectivity index (χ1) is 8.76. The molecule has 0 amide bonds. The zero-order valence-corrected chi connectivity index (χ0v) is 11.4. The highest BCUT2D eigenvalue weighted by Crippen LogP contribution is 2.17. The van der Waals surface area contributed by atoms with E-state index in [2.05, 4.69) is 11.7 Å². The van der Waals surface area contributed by atoms with Crippen LogP contribution >= 0.6 is 0 Å². The van der Waals surface area contributed by atoms with Gasteiger partial charge in [0.15, 0.2) is 6.29 Å². The maximum Gasteiger partial charge on any atom is 0.331 e. The second-order valence-corrected chi connectivity index (χ2v) is 4.46. The molecule has 106 valence electrons. The monoisotopic (exact) mass is 260 g/mol. The number of esters is 1. The summed E-state index contributed by atoms with van der Waals surface area (Å²) in [6.45, 7) is 3.08. The molecule has 0 aromatic rings. The Morgan fingerprint density at radius 1 is 1.33 bits per heavy atom. The summed E-state index contributed by atoms with van der Waals surface area (Å²) in [4.78, 5) is 10.8. The normalized spacial score (nSPS) is 23.2. The number of carbonyl (C=O) groups is 1. The van der Waals surface area contributed by atoms with Gasteiger partial charge in [0.05, 0.1) is 20.3 Å². The largest absolute Gasteiger partial charge is 0.467 e. The topological polar surface area (TPSA) is 54.0 Å². The minimum atomic E-state index is -0.370. The molecule has 2 unspecified atom stereocenters. The molecule has 0 bridgehead atoms. The third-order valence-corrected chi connectivity index (χ3v) is 2.86.